The smallest absolute Gasteiger partial charge is 0.293 e. The molecule has 3 rings (SSSR count). The lowest BCUT2D eigenvalue weighted by Gasteiger charge is -2.10. The van der Waals surface area contributed by atoms with E-state index in [2.05, 4.69) is 5.32 Å². The van der Waals surface area contributed by atoms with Crippen molar-refractivity contribution < 1.29 is 18.9 Å². The van der Waals surface area contributed by atoms with Gasteiger partial charge in [0.15, 0.2) is 18.2 Å². The van der Waals surface area contributed by atoms with E-state index in [0.29, 0.717) is 17.9 Å². The molecule has 28 heavy (non-hydrogen) atoms. The minimum atomic E-state index is -0.451. The van der Waals surface area contributed by atoms with E-state index in [4.69, 9.17) is 4.74 Å². The minimum Gasteiger partial charge on any atom is -0.489 e. The highest BCUT2D eigenvalue weighted by molar-refractivity contribution is 5.94. The summed E-state index contributed by atoms with van der Waals surface area (Å²) >= 11 is 0. The second-order valence-electron chi connectivity index (χ2n) is 6.56. The van der Waals surface area contributed by atoms with E-state index in [1.165, 1.54) is 6.92 Å². The Labute approximate surface area is 164 Å². The Bertz CT molecular complexity index is 953. The zero-order valence-electron chi connectivity index (χ0n) is 16.0. The first-order valence-corrected chi connectivity index (χ1v) is 9.12. The van der Waals surface area contributed by atoms with Gasteiger partial charge in [-0.3, -0.25) is 9.59 Å². The van der Waals surface area contributed by atoms with Gasteiger partial charge < -0.3 is 10.1 Å². The molecular weight excluding hydrogens is 352 g/mol. The zero-order valence-corrected chi connectivity index (χ0v) is 16.0. The van der Waals surface area contributed by atoms with Crippen molar-refractivity contribution in [1.29, 1.82) is 0 Å². The third-order valence-corrected chi connectivity index (χ3v) is 4.43. The van der Waals surface area contributed by atoms with Crippen molar-refractivity contribution >= 4 is 17.4 Å². The minimum absolute atomic E-state index is 0.0342. The quantitative estimate of drug-likeness (QED) is 0.502. The van der Waals surface area contributed by atoms with Gasteiger partial charge >= 0.3 is 0 Å². The molecule has 0 unspecified atom stereocenters. The number of ketones is 1. The van der Waals surface area contributed by atoms with Crippen molar-refractivity contribution in [3.8, 4) is 5.75 Å². The molecule has 142 valence electrons. The Morgan fingerprint density at radius 2 is 1.71 bits per heavy atom. The van der Waals surface area contributed by atoms with Crippen LogP contribution in [0.1, 0.15) is 35.8 Å². The number of rotatable bonds is 7. The van der Waals surface area contributed by atoms with E-state index in [-0.39, 0.29) is 11.7 Å². The van der Waals surface area contributed by atoms with Crippen LogP contribution in [-0.2, 0) is 11.4 Å². The topological polar surface area (TPSA) is 59.3 Å². The van der Waals surface area contributed by atoms with Gasteiger partial charge in [0.25, 0.3) is 5.91 Å². The molecule has 0 bridgehead atoms. The standard InChI is InChI=1S/C23H22N2O3/c1-17(25-14-6-9-20(15-25)18(2)26)23(27)24-21-10-12-22(13-11-21)28-16-19-7-4-3-5-8-19/h3-15,17H,16H2,1-2H3/p+1/t17-/m0/s1. The van der Waals surface area contributed by atoms with Gasteiger partial charge in [-0.15, -0.1) is 0 Å². The molecule has 0 saturated heterocycles. The summed E-state index contributed by atoms with van der Waals surface area (Å²) in [7, 11) is 0. The molecule has 0 aliphatic rings. The summed E-state index contributed by atoms with van der Waals surface area (Å²) in [5.41, 5.74) is 2.35. The molecule has 1 amide bonds. The van der Waals surface area contributed by atoms with Gasteiger partial charge in [0.05, 0.1) is 5.56 Å². The maximum absolute atomic E-state index is 12.5. The van der Waals surface area contributed by atoms with Crippen molar-refractivity contribution in [3.63, 3.8) is 0 Å². The summed E-state index contributed by atoms with van der Waals surface area (Å²) < 4.78 is 7.48. The summed E-state index contributed by atoms with van der Waals surface area (Å²) in [5.74, 6) is 0.537. The van der Waals surface area contributed by atoms with Crippen LogP contribution in [0, 0.1) is 0 Å². The molecule has 0 radical (unpaired) electrons. The number of pyridine rings is 1. The number of carbonyl (C=O) groups excluding carboxylic acids is 2. The molecule has 1 atom stereocenters. The molecule has 0 fully saturated rings. The highest BCUT2D eigenvalue weighted by atomic mass is 16.5. The predicted molar refractivity (Wildman–Crippen MR) is 107 cm³/mol. The van der Waals surface area contributed by atoms with E-state index in [1.807, 2.05) is 54.6 Å². The van der Waals surface area contributed by atoms with Crippen LogP contribution in [-0.4, -0.2) is 11.7 Å². The molecule has 0 aliphatic carbocycles. The third kappa shape index (κ3) is 5.04. The summed E-state index contributed by atoms with van der Waals surface area (Å²) in [6.45, 7) is 3.79. The summed E-state index contributed by atoms with van der Waals surface area (Å²) in [5, 5.41) is 2.89. The number of nitrogens with one attached hydrogen (secondary N) is 1. The zero-order chi connectivity index (χ0) is 19.9. The highest BCUT2D eigenvalue weighted by Gasteiger charge is 2.22. The number of amides is 1. The van der Waals surface area contributed by atoms with E-state index in [1.54, 1.807) is 36.0 Å². The molecule has 1 aromatic heterocycles. The summed E-state index contributed by atoms with van der Waals surface area (Å²) in [4.78, 5) is 24.1. The average Bonchev–Trinajstić information content (AvgIpc) is 2.73. The molecule has 1 N–H and O–H groups in total. The lowest BCUT2D eigenvalue weighted by molar-refractivity contribution is -0.705. The molecule has 0 saturated carbocycles. The first-order valence-electron chi connectivity index (χ1n) is 9.12. The van der Waals surface area contributed by atoms with Crippen LogP contribution in [0.5, 0.6) is 5.75 Å². The Kier molecular flexibility index (Phi) is 6.17. The fourth-order valence-corrected chi connectivity index (χ4v) is 2.70. The third-order valence-electron chi connectivity index (χ3n) is 4.43. The van der Waals surface area contributed by atoms with Gasteiger partial charge in [-0.2, -0.15) is 4.57 Å². The van der Waals surface area contributed by atoms with Gasteiger partial charge in [0.1, 0.15) is 12.4 Å². The highest BCUT2D eigenvalue weighted by Crippen LogP contribution is 2.18. The Hall–Kier alpha value is -3.47. The van der Waals surface area contributed by atoms with E-state index >= 15 is 0 Å². The van der Waals surface area contributed by atoms with Crippen molar-refractivity contribution in [3.05, 3.63) is 90.3 Å². The second kappa shape index (κ2) is 8.95. The molecule has 3 aromatic rings. The van der Waals surface area contributed by atoms with Gasteiger partial charge in [-0.05, 0) is 42.8 Å². The number of nitrogens with zero attached hydrogens (tertiary/aromatic N) is 1. The number of Topliss-reactive ketones (excluding diaryl/α,β-unsaturated/α-hetero) is 1. The average molecular weight is 375 g/mol. The van der Waals surface area contributed by atoms with Crippen LogP contribution < -0.4 is 14.6 Å². The SMILES string of the molecule is CC(=O)c1ccc[n+]([C@@H](C)C(=O)Nc2ccc(OCc3ccccc3)cc2)c1. The van der Waals surface area contributed by atoms with Crippen LogP contribution in [0.4, 0.5) is 5.69 Å². The van der Waals surface area contributed by atoms with E-state index < -0.39 is 6.04 Å². The lowest BCUT2D eigenvalue weighted by atomic mass is 10.2. The van der Waals surface area contributed by atoms with Gasteiger partial charge in [0, 0.05) is 18.7 Å². The number of anilines is 1. The van der Waals surface area contributed by atoms with Crippen LogP contribution in [0.15, 0.2) is 79.1 Å². The Balaban J connectivity index is 1.59. The van der Waals surface area contributed by atoms with E-state index in [0.717, 1.165) is 11.3 Å². The Morgan fingerprint density at radius 1 is 1.00 bits per heavy atom. The van der Waals surface area contributed by atoms with Crippen molar-refractivity contribution in [2.45, 2.75) is 26.5 Å². The summed E-state index contributed by atoms with van der Waals surface area (Å²) in [6, 6.07) is 20.2. The number of benzene rings is 2. The Morgan fingerprint density at radius 3 is 2.39 bits per heavy atom. The van der Waals surface area contributed by atoms with Crippen LogP contribution >= 0.6 is 0 Å². The molecular formula is C23H23N2O3+. The van der Waals surface area contributed by atoms with Crippen LogP contribution in [0.3, 0.4) is 0 Å². The van der Waals surface area contributed by atoms with Crippen molar-refractivity contribution in [1.82, 2.24) is 0 Å². The lowest BCUT2D eigenvalue weighted by Crippen LogP contribution is -2.44. The summed E-state index contributed by atoms with van der Waals surface area (Å²) in [6.07, 6.45) is 3.46. The molecule has 0 aliphatic heterocycles. The first kappa shape index (κ1) is 19.3. The predicted octanol–water partition coefficient (Wildman–Crippen LogP) is 3.96. The number of aromatic nitrogens is 1. The fourth-order valence-electron chi connectivity index (χ4n) is 2.70. The molecule has 5 nitrogen and oxygen atoms in total. The van der Waals surface area contributed by atoms with Crippen LogP contribution in [0.2, 0.25) is 0 Å². The largest absolute Gasteiger partial charge is 0.489 e. The van der Waals surface area contributed by atoms with Crippen molar-refractivity contribution in [2.75, 3.05) is 5.32 Å². The van der Waals surface area contributed by atoms with Gasteiger partial charge in [0.2, 0.25) is 6.04 Å². The molecule has 5 heteroatoms. The maximum Gasteiger partial charge on any atom is 0.293 e. The fraction of sp³-hybridized carbons (Fsp3) is 0.174. The number of carbonyl (C=O) groups is 2. The maximum atomic E-state index is 12.5. The molecule has 2 aromatic carbocycles. The second-order valence-corrected chi connectivity index (χ2v) is 6.56. The van der Waals surface area contributed by atoms with Gasteiger partial charge in [-0.1, -0.05) is 30.3 Å². The number of ether oxygens (including phenoxy) is 1. The monoisotopic (exact) mass is 375 g/mol. The van der Waals surface area contributed by atoms with Gasteiger partial charge in [-0.25, -0.2) is 0 Å². The number of hydrogen-bond donors (Lipinski definition) is 1. The molecule has 1 heterocycles. The van der Waals surface area contributed by atoms with E-state index in [9.17, 15) is 9.59 Å². The first-order chi connectivity index (χ1) is 13.5. The normalized spacial score (nSPS) is 11.5. The van der Waals surface area contributed by atoms with Crippen molar-refractivity contribution in [2.24, 2.45) is 0 Å². The molecule has 0 spiro atoms. The number of hydrogen-bond acceptors (Lipinski definition) is 3. The van der Waals surface area contributed by atoms with Crippen LogP contribution in [0.25, 0.3) is 0 Å².